The molecule has 6 heteroatoms. The second-order valence-corrected chi connectivity index (χ2v) is 3.42. The molecule has 0 aliphatic rings. The summed E-state index contributed by atoms with van der Waals surface area (Å²) in [5.41, 5.74) is 4.35. The first-order chi connectivity index (χ1) is 6.96. The number of alkyl halides is 3. The maximum atomic E-state index is 12.5. The van der Waals surface area contributed by atoms with Gasteiger partial charge < -0.3 is 5.73 Å². The van der Waals surface area contributed by atoms with Gasteiger partial charge in [0.05, 0.1) is 0 Å². The van der Waals surface area contributed by atoms with Crippen molar-refractivity contribution < 1.29 is 13.2 Å². The lowest BCUT2D eigenvalue weighted by Gasteiger charge is -2.12. The molecular formula is C9H10ClF3N2. The van der Waals surface area contributed by atoms with Crippen molar-refractivity contribution in [1.82, 2.24) is 4.98 Å². The molecule has 84 valence electrons. The number of hydrogen-bond acceptors (Lipinski definition) is 2. The maximum absolute atomic E-state index is 12.5. The SMILES string of the molecule is NCCCc1c(Cl)ccnc1C(F)(F)F. The molecule has 1 rings (SSSR count). The van der Waals surface area contributed by atoms with Gasteiger partial charge in [-0.25, -0.2) is 0 Å². The Morgan fingerprint density at radius 1 is 1.40 bits per heavy atom. The highest BCUT2D eigenvalue weighted by atomic mass is 35.5. The molecule has 0 aliphatic carbocycles. The summed E-state index contributed by atoms with van der Waals surface area (Å²) >= 11 is 5.69. The molecule has 0 atom stereocenters. The van der Waals surface area contributed by atoms with Crippen LogP contribution in [0, 0.1) is 0 Å². The number of hydrogen-bond donors (Lipinski definition) is 1. The fraction of sp³-hybridized carbons (Fsp3) is 0.444. The predicted molar refractivity (Wildman–Crippen MR) is 51.6 cm³/mol. The molecule has 0 saturated heterocycles. The van der Waals surface area contributed by atoms with Crippen LogP contribution in [-0.4, -0.2) is 11.5 Å². The largest absolute Gasteiger partial charge is 0.433 e. The predicted octanol–water partition coefficient (Wildman–Crippen LogP) is 2.65. The van der Waals surface area contributed by atoms with Crippen molar-refractivity contribution in [1.29, 1.82) is 0 Å². The van der Waals surface area contributed by atoms with E-state index in [1.807, 2.05) is 0 Å². The highest BCUT2D eigenvalue weighted by Crippen LogP contribution is 2.33. The van der Waals surface area contributed by atoms with Crippen LogP contribution >= 0.6 is 11.6 Å². The summed E-state index contributed by atoms with van der Waals surface area (Å²) in [6.45, 7) is 0.322. The second-order valence-electron chi connectivity index (χ2n) is 3.01. The normalized spacial score (nSPS) is 11.8. The molecule has 0 saturated carbocycles. The molecule has 0 spiro atoms. The molecule has 1 aromatic heterocycles. The van der Waals surface area contributed by atoms with Gasteiger partial charge in [0.15, 0.2) is 0 Å². The van der Waals surface area contributed by atoms with E-state index in [2.05, 4.69) is 4.98 Å². The lowest BCUT2D eigenvalue weighted by atomic mass is 10.1. The van der Waals surface area contributed by atoms with E-state index in [4.69, 9.17) is 17.3 Å². The molecule has 2 nitrogen and oxygen atoms in total. The molecule has 0 aliphatic heterocycles. The van der Waals surface area contributed by atoms with E-state index < -0.39 is 11.9 Å². The van der Waals surface area contributed by atoms with E-state index >= 15 is 0 Å². The molecule has 15 heavy (non-hydrogen) atoms. The summed E-state index contributed by atoms with van der Waals surface area (Å²) in [5, 5.41) is 0.0887. The summed E-state index contributed by atoms with van der Waals surface area (Å²) in [7, 11) is 0. The number of aromatic nitrogens is 1. The van der Waals surface area contributed by atoms with Crippen molar-refractivity contribution >= 4 is 11.6 Å². The molecule has 0 unspecified atom stereocenters. The van der Waals surface area contributed by atoms with Crippen molar-refractivity contribution in [2.45, 2.75) is 19.0 Å². The second kappa shape index (κ2) is 4.81. The summed E-state index contributed by atoms with van der Waals surface area (Å²) in [4.78, 5) is 3.31. The van der Waals surface area contributed by atoms with Crippen LogP contribution in [0.4, 0.5) is 13.2 Å². The van der Waals surface area contributed by atoms with E-state index in [9.17, 15) is 13.2 Å². The van der Waals surface area contributed by atoms with Crippen LogP contribution in [0.1, 0.15) is 17.7 Å². The molecule has 0 fully saturated rings. The van der Waals surface area contributed by atoms with Crippen LogP contribution in [0.15, 0.2) is 12.3 Å². The van der Waals surface area contributed by atoms with Crippen molar-refractivity contribution in [3.63, 3.8) is 0 Å². The Morgan fingerprint density at radius 2 is 2.07 bits per heavy atom. The third-order valence-electron chi connectivity index (χ3n) is 1.90. The molecule has 0 aromatic carbocycles. The average molecular weight is 239 g/mol. The van der Waals surface area contributed by atoms with Gasteiger partial charge in [0.2, 0.25) is 0 Å². The summed E-state index contributed by atoms with van der Waals surface area (Å²) < 4.78 is 37.5. The topological polar surface area (TPSA) is 38.9 Å². The fourth-order valence-corrected chi connectivity index (χ4v) is 1.47. The van der Waals surface area contributed by atoms with Gasteiger partial charge in [-0.05, 0) is 25.5 Å². The van der Waals surface area contributed by atoms with Crippen LogP contribution in [-0.2, 0) is 12.6 Å². The molecular weight excluding hydrogens is 229 g/mol. The number of nitrogens with zero attached hydrogens (tertiary/aromatic N) is 1. The first-order valence-corrected chi connectivity index (χ1v) is 4.75. The van der Waals surface area contributed by atoms with Crippen LogP contribution in [0.25, 0.3) is 0 Å². The number of pyridine rings is 1. The first kappa shape index (κ1) is 12.3. The lowest BCUT2D eigenvalue weighted by Crippen LogP contribution is -2.13. The van der Waals surface area contributed by atoms with E-state index in [1.54, 1.807) is 0 Å². The zero-order valence-corrected chi connectivity index (χ0v) is 8.57. The van der Waals surface area contributed by atoms with Gasteiger partial charge in [-0.3, -0.25) is 4.98 Å². The lowest BCUT2D eigenvalue weighted by molar-refractivity contribution is -0.141. The fourth-order valence-electron chi connectivity index (χ4n) is 1.23. The van der Waals surface area contributed by atoms with E-state index in [0.29, 0.717) is 13.0 Å². The highest BCUT2D eigenvalue weighted by molar-refractivity contribution is 6.31. The van der Waals surface area contributed by atoms with Gasteiger partial charge in [0, 0.05) is 16.8 Å². The van der Waals surface area contributed by atoms with Gasteiger partial charge in [-0.2, -0.15) is 13.2 Å². The van der Waals surface area contributed by atoms with Crippen LogP contribution in [0.3, 0.4) is 0 Å². The Morgan fingerprint density at radius 3 is 2.60 bits per heavy atom. The highest BCUT2D eigenvalue weighted by Gasteiger charge is 2.35. The zero-order chi connectivity index (χ0) is 11.5. The third-order valence-corrected chi connectivity index (χ3v) is 2.25. The van der Waals surface area contributed by atoms with Gasteiger partial charge in [0.25, 0.3) is 0 Å². The monoisotopic (exact) mass is 238 g/mol. The quantitative estimate of drug-likeness (QED) is 0.879. The first-order valence-electron chi connectivity index (χ1n) is 4.37. The minimum Gasteiger partial charge on any atom is -0.330 e. The summed E-state index contributed by atoms with van der Waals surface area (Å²) in [6, 6.07) is 1.35. The summed E-state index contributed by atoms with van der Waals surface area (Å²) in [6.07, 6.45) is -2.77. The number of rotatable bonds is 3. The smallest absolute Gasteiger partial charge is 0.330 e. The summed E-state index contributed by atoms with van der Waals surface area (Å²) in [5.74, 6) is 0. The van der Waals surface area contributed by atoms with Gasteiger partial charge in [0.1, 0.15) is 5.69 Å². The van der Waals surface area contributed by atoms with Crippen LogP contribution < -0.4 is 5.73 Å². The van der Waals surface area contributed by atoms with E-state index in [-0.39, 0.29) is 17.0 Å². The van der Waals surface area contributed by atoms with Gasteiger partial charge >= 0.3 is 6.18 Å². The Labute approximate surface area is 90.3 Å². The molecule has 1 heterocycles. The maximum Gasteiger partial charge on any atom is 0.433 e. The standard InChI is InChI=1S/C9H10ClF3N2/c10-7-3-5-15-8(9(11,12)13)6(7)2-1-4-14/h3,5H,1-2,4,14H2. The molecule has 0 radical (unpaired) electrons. The number of nitrogens with two attached hydrogens (primary N) is 1. The Hall–Kier alpha value is -0.810. The molecule has 1 aromatic rings. The van der Waals surface area contributed by atoms with Crippen LogP contribution in [0.2, 0.25) is 5.02 Å². The van der Waals surface area contributed by atoms with Gasteiger partial charge in [-0.15, -0.1) is 0 Å². The Kier molecular flexibility index (Phi) is 3.93. The van der Waals surface area contributed by atoms with Gasteiger partial charge in [-0.1, -0.05) is 11.6 Å². The van der Waals surface area contributed by atoms with Crippen molar-refractivity contribution in [2.24, 2.45) is 5.73 Å². The zero-order valence-electron chi connectivity index (χ0n) is 7.81. The Balaban J connectivity index is 3.09. The molecule has 0 amide bonds. The van der Waals surface area contributed by atoms with E-state index in [1.165, 1.54) is 6.07 Å². The van der Waals surface area contributed by atoms with Crippen molar-refractivity contribution in [3.8, 4) is 0 Å². The molecule has 2 N–H and O–H groups in total. The third kappa shape index (κ3) is 3.07. The van der Waals surface area contributed by atoms with Crippen molar-refractivity contribution in [2.75, 3.05) is 6.54 Å². The molecule has 0 bridgehead atoms. The minimum atomic E-state index is -4.46. The van der Waals surface area contributed by atoms with Crippen molar-refractivity contribution in [3.05, 3.63) is 28.5 Å². The van der Waals surface area contributed by atoms with Crippen LogP contribution in [0.5, 0.6) is 0 Å². The number of halogens is 4. The average Bonchev–Trinajstić information content (AvgIpc) is 2.14. The Bertz CT molecular complexity index is 339. The minimum absolute atomic E-state index is 0.0251. The van der Waals surface area contributed by atoms with E-state index in [0.717, 1.165) is 6.20 Å².